The van der Waals surface area contributed by atoms with E-state index in [1.54, 1.807) is 0 Å². The Morgan fingerprint density at radius 3 is 2.71 bits per heavy atom. The second-order valence-electron chi connectivity index (χ2n) is 5.79. The number of unbranched alkanes of at least 4 members (excludes halogenated alkanes) is 1. The van der Waals surface area contributed by atoms with Gasteiger partial charge < -0.3 is 15.8 Å². The van der Waals surface area contributed by atoms with Crippen molar-refractivity contribution < 1.29 is 9.53 Å². The van der Waals surface area contributed by atoms with Gasteiger partial charge in [-0.2, -0.15) is 0 Å². The van der Waals surface area contributed by atoms with Crippen LogP contribution in [0.5, 0.6) is 5.75 Å². The van der Waals surface area contributed by atoms with Gasteiger partial charge in [-0.15, -0.1) is 0 Å². The Morgan fingerprint density at radius 1 is 1.33 bits per heavy atom. The Bertz CT molecular complexity index is 445. The lowest BCUT2D eigenvalue weighted by molar-refractivity contribution is 0.0946. The summed E-state index contributed by atoms with van der Waals surface area (Å²) in [4.78, 5) is 12.1. The lowest BCUT2D eigenvalue weighted by Gasteiger charge is -2.16. The third-order valence-electron chi connectivity index (χ3n) is 4.13. The van der Waals surface area contributed by atoms with Crippen molar-refractivity contribution in [3.8, 4) is 5.75 Å². The second kappa shape index (κ2) is 8.03. The van der Waals surface area contributed by atoms with Gasteiger partial charge in [0.15, 0.2) is 0 Å². The van der Waals surface area contributed by atoms with Crippen LogP contribution in [-0.4, -0.2) is 25.1 Å². The number of hydrogen-bond donors (Lipinski definition) is 2. The highest BCUT2D eigenvalue weighted by atomic mass is 16.5. The Hall–Kier alpha value is -1.55. The first-order valence-corrected chi connectivity index (χ1v) is 7.97. The van der Waals surface area contributed by atoms with Crippen LogP contribution in [0.15, 0.2) is 24.3 Å². The molecule has 0 radical (unpaired) electrons. The SMILES string of the molecule is CCCCOc1ccc(C(=O)NCC2CCCC2N)cc1. The van der Waals surface area contributed by atoms with Gasteiger partial charge in [-0.1, -0.05) is 19.8 Å². The van der Waals surface area contributed by atoms with E-state index in [2.05, 4.69) is 12.2 Å². The van der Waals surface area contributed by atoms with Crippen molar-refractivity contribution in [3.63, 3.8) is 0 Å². The van der Waals surface area contributed by atoms with E-state index in [1.807, 2.05) is 24.3 Å². The Balaban J connectivity index is 1.79. The predicted molar refractivity (Wildman–Crippen MR) is 84.5 cm³/mol. The monoisotopic (exact) mass is 290 g/mol. The molecule has 1 saturated carbocycles. The zero-order chi connectivity index (χ0) is 15.1. The Morgan fingerprint density at radius 2 is 2.10 bits per heavy atom. The van der Waals surface area contributed by atoms with Crippen LogP contribution in [0, 0.1) is 5.92 Å². The van der Waals surface area contributed by atoms with Crippen molar-refractivity contribution in [1.82, 2.24) is 5.32 Å². The molecule has 21 heavy (non-hydrogen) atoms. The fourth-order valence-electron chi connectivity index (χ4n) is 2.68. The summed E-state index contributed by atoms with van der Waals surface area (Å²) in [7, 11) is 0. The molecular weight excluding hydrogens is 264 g/mol. The number of ether oxygens (including phenoxy) is 1. The van der Waals surface area contributed by atoms with Crippen molar-refractivity contribution in [2.24, 2.45) is 11.7 Å². The van der Waals surface area contributed by atoms with Gasteiger partial charge in [0.05, 0.1) is 6.61 Å². The number of benzene rings is 1. The molecule has 2 unspecified atom stereocenters. The van der Waals surface area contributed by atoms with Gasteiger partial charge in [0.1, 0.15) is 5.75 Å². The van der Waals surface area contributed by atoms with Gasteiger partial charge in [0.25, 0.3) is 5.91 Å². The highest BCUT2D eigenvalue weighted by Gasteiger charge is 2.24. The summed E-state index contributed by atoms with van der Waals surface area (Å²) in [6, 6.07) is 7.56. The minimum Gasteiger partial charge on any atom is -0.494 e. The molecule has 4 nitrogen and oxygen atoms in total. The minimum atomic E-state index is -0.0331. The standard InChI is InChI=1S/C17H26N2O2/c1-2-3-11-21-15-9-7-13(8-10-15)17(20)19-12-14-5-4-6-16(14)18/h7-10,14,16H,2-6,11-12,18H2,1H3,(H,19,20). The molecule has 4 heteroatoms. The molecule has 0 spiro atoms. The van der Waals surface area contributed by atoms with E-state index in [1.165, 1.54) is 6.42 Å². The number of carbonyl (C=O) groups excluding carboxylic acids is 1. The van der Waals surface area contributed by atoms with Crippen molar-refractivity contribution in [2.45, 2.75) is 45.1 Å². The summed E-state index contributed by atoms with van der Waals surface area (Å²) < 4.78 is 5.59. The first-order chi connectivity index (χ1) is 10.2. The molecular formula is C17H26N2O2. The highest BCUT2D eigenvalue weighted by Crippen LogP contribution is 2.23. The summed E-state index contributed by atoms with van der Waals surface area (Å²) in [6.45, 7) is 3.53. The quantitative estimate of drug-likeness (QED) is 0.759. The van der Waals surface area contributed by atoms with Crippen molar-refractivity contribution in [3.05, 3.63) is 29.8 Å². The second-order valence-corrected chi connectivity index (χ2v) is 5.79. The average molecular weight is 290 g/mol. The van der Waals surface area contributed by atoms with E-state index in [4.69, 9.17) is 10.5 Å². The maximum atomic E-state index is 12.1. The molecule has 1 aliphatic carbocycles. The van der Waals surface area contributed by atoms with Crippen LogP contribution in [0.25, 0.3) is 0 Å². The van der Waals surface area contributed by atoms with Crippen molar-refractivity contribution in [1.29, 1.82) is 0 Å². The van der Waals surface area contributed by atoms with Gasteiger partial charge >= 0.3 is 0 Å². The molecule has 0 aliphatic heterocycles. The third kappa shape index (κ3) is 4.74. The zero-order valence-corrected chi connectivity index (χ0v) is 12.8. The Kier molecular flexibility index (Phi) is 6.05. The van der Waals surface area contributed by atoms with E-state index in [0.29, 0.717) is 18.0 Å². The van der Waals surface area contributed by atoms with Crippen LogP contribution < -0.4 is 15.8 Å². The van der Waals surface area contributed by atoms with E-state index in [9.17, 15) is 4.79 Å². The molecule has 2 rings (SSSR count). The molecule has 1 fully saturated rings. The maximum Gasteiger partial charge on any atom is 0.251 e. The van der Waals surface area contributed by atoms with Crippen LogP contribution in [0.4, 0.5) is 0 Å². The maximum absolute atomic E-state index is 12.1. The average Bonchev–Trinajstić information content (AvgIpc) is 2.91. The number of amides is 1. The first-order valence-electron chi connectivity index (χ1n) is 7.97. The topological polar surface area (TPSA) is 64.3 Å². The molecule has 0 bridgehead atoms. The predicted octanol–water partition coefficient (Wildman–Crippen LogP) is 2.72. The molecule has 1 aliphatic rings. The third-order valence-corrected chi connectivity index (χ3v) is 4.13. The highest BCUT2D eigenvalue weighted by molar-refractivity contribution is 5.94. The van der Waals surface area contributed by atoms with E-state index in [0.717, 1.165) is 38.0 Å². The molecule has 0 saturated heterocycles. The fourth-order valence-corrected chi connectivity index (χ4v) is 2.68. The summed E-state index contributed by atoms with van der Waals surface area (Å²) in [6.07, 6.45) is 5.52. The number of nitrogens with two attached hydrogens (primary N) is 1. The summed E-state index contributed by atoms with van der Waals surface area (Å²) in [5.41, 5.74) is 6.68. The van der Waals surface area contributed by atoms with Crippen LogP contribution in [0.2, 0.25) is 0 Å². The van der Waals surface area contributed by atoms with E-state index in [-0.39, 0.29) is 11.9 Å². The van der Waals surface area contributed by atoms with Gasteiger partial charge in [-0.25, -0.2) is 0 Å². The molecule has 0 heterocycles. The van der Waals surface area contributed by atoms with Crippen LogP contribution in [0.1, 0.15) is 49.4 Å². The molecule has 2 atom stereocenters. The van der Waals surface area contributed by atoms with Crippen molar-refractivity contribution >= 4 is 5.91 Å². The summed E-state index contributed by atoms with van der Waals surface area (Å²) in [5.74, 6) is 1.21. The normalized spacial score (nSPS) is 21.2. The van der Waals surface area contributed by atoms with E-state index >= 15 is 0 Å². The van der Waals surface area contributed by atoms with Crippen molar-refractivity contribution in [2.75, 3.05) is 13.2 Å². The lowest BCUT2D eigenvalue weighted by atomic mass is 10.0. The van der Waals surface area contributed by atoms with Crippen LogP contribution in [0.3, 0.4) is 0 Å². The van der Waals surface area contributed by atoms with Gasteiger partial charge in [0.2, 0.25) is 0 Å². The Labute approximate surface area is 127 Å². The van der Waals surface area contributed by atoms with Crippen LogP contribution >= 0.6 is 0 Å². The molecule has 3 N–H and O–H groups in total. The summed E-state index contributed by atoms with van der Waals surface area (Å²) >= 11 is 0. The smallest absolute Gasteiger partial charge is 0.251 e. The minimum absolute atomic E-state index is 0.0331. The number of carbonyl (C=O) groups is 1. The molecule has 116 valence electrons. The largest absolute Gasteiger partial charge is 0.494 e. The van der Waals surface area contributed by atoms with Gasteiger partial charge in [-0.3, -0.25) is 4.79 Å². The zero-order valence-electron chi connectivity index (χ0n) is 12.8. The molecule has 0 aromatic heterocycles. The molecule has 1 aromatic rings. The molecule has 1 amide bonds. The summed E-state index contributed by atoms with van der Waals surface area (Å²) in [5, 5.41) is 2.98. The van der Waals surface area contributed by atoms with Gasteiger partial charge in [0, 0.05) is 18.2 Å². The number of hydrogen-bond acceptors (Lipinski definition) is 3. The van der Waals surface area contributed by atoms with E-state index < -0.39 is 0 Å². The first kappa shape index (κ1) is 15.8. The fraction of sp³-hybridized carbons (Fsp3) is 0.588. The number of nitrogens with one attached hydrogen (secondary N) is 1. The van der Waals surface area contributed by atoms with Crippen LogP contribution in [-0.2, 0) is 0 Å². The molecule has 1 aromatic carbocycles. The number of rotatable bonds is 7. The van der Waals surface area contributed by atoms with Gasteiger partial charge in [-0.05, 0) is 49.4 Å². The lowest BCUT2D eigenvalue weighted by Crippen LogP contribution is -2.35.